The van der Waals surface area contributed by atoms with Gasteiger partial charge in [0.2, 0.25) is 0 Å². The van der Waals surface area contributed by atoms with E-state index in [1.165, 1.54) is 6.20 Å². The summed E-state index contributed by atoms with van der Waals surface area (Å²) in [5.41, 5.74) is 3.83. The number of anilines is 1. The van der Waals surface area contributed by atoms with Crippen LogP contribution in [0.3, 0.4) is 0 Å². The van der Waals surface area contributed by atoms with E-state index >= 15 is 0 Å². The van der Waals surface area contributed by atoms with Gasteiger partial charge in [-0.3, -0.25) is 9.89 Å². The Morgan fingerprint density at radius 3 is 2.86 bits per heavy atom. The molecule has 0 fully saturated rings. The third kappa shape index (κ3) is 2.67. The highest BCUT2D eigenvalue weighted by atomic mass is 79.9. The Labute approximate surface area is 129 Å². The summed E-state index contributed by atoms with van der Waals surface area (Å²) in [5, 5.41) is 10.6. The number of aromatic nitrogens is 3. The molecule has 0 radical (unpaired) electrons. The van der Waals surface area contributed by atoms with Crippen LogP contribution in [0.2, 0.25) is 0 Å². The number of carbonyl (C=O) groups excluding carboxylic acids is 1. The number of carbonyl (C=O) groups is 1. The van der Waals surface area contributed by atoms with Gasteiger partial charge >= 0.3 is 0 Å². The number of rotatable bonds is 2. The molecule has 3 aromatic rings. The average molecular weight is 345 g/mol. The van der Waals surface area contributed by atoms with Crippen molar-refractivity contribution in [3.05, 3.63) is 51.8 Å². The maximum atomic E-state index is 12.3. The summed E-state index contributed by atoms with van der Waals surface area (Å²) < 4.78 is 1.01. The number of aryl methyl sites for hydroxylation is 2. The molecule has 5 nitrogen and oxygen atoms in total. The Hall–Kier alpha value is -2.21. The molecule has 2 aromatic heterocycles. The number of pyridine rings is 1. The van der Waals surface area contributed by atoms with Gasteiger partial charge in [-0.15, -0.1) is 0 Å². The molecule has 0 unspecified atom stereocenters. The van der Waals surface area contributed by atoms with Gasteiger partial charge in [-0.1, -0.05) is 15.9 Å². The second-order valence-electron chi connectivity index (χ2n) is 4.86. The van der Waals surface area contributed by atoms with Crippen molar-refractivity contribution in [2.45, 2.75) is 13.8 Å². The predicted molar refractivity (Wildman–Crippen MR) is 85.5 cm³/mol. The van der Waals surface area contributed by atoms with Gasteiger partial charge in [0, 0.05) is 27.4 Å². The van der Waals surface area contributed by atoms with Crippen LogP contribution in [0.15, 0.2) is 34.9 Å². The Morgan fingerprint density at radius 1 is 1.29 bits per heavy atom. The Kier molecular flexibility index (Phi) is 3.47. The van der Waals surface area contributed by atoms with Gasteiger partial charge in [0.05, 0.1) is 5.56 Å². The largest absolute Gasteiger partial charge is 0.322 e. The molecule has 0 saturated carbocycles. The van der Waals surface area contributed by atoms with E-state index in [9.17, 15) is 4.79 Å². The molecule has 0 aliphatic heterocycles. The second-order valence-corrected chi connectivity index (χ2v) is 5.72. The van der Waals surface area contributed by atoms with E-state index in [4.69, 9.17) is 0 Å². The first-order valence-electron chi connectivity index (χ1n) is 6.43. The van der Waals surface area contributed by atoms with Crippen molar-refractivity contribution in [3.8, 4) is 0 Å². The van der Waals surface area contributed by atoms with E-state index in [1.54, 1.807) is 6.07 Å². The monoisotopic (exact) mass is 344 g/mol. The fourth-order valence-electron chi connectivity index (χ4n) is 2.07. The summed E-state index contributed by atoms with van der Waals surface area (Å²) in [4.78, 5) is 16.5. The van der Waals surface area contributed by atoms with Crippen molar-refractivity contribution >= 4 is 38.6 Å². The maximum Gasteiger partial charge on any atom is 0.257 e. The van der Waals surface area contributed by atoms with Gasteiger partial charge in [0.25, 0.3) is 5.91 Å². The number of aromatic amines is 1. The Morgan fingerprint density at radius 2 is 2.10 bits per heavy atom. The van der Waals surface area contributed by atoms with Gasteiger partial charge in [-0.2, -0.15) is 5.10 Å². The molecule has 2 N–H and O–H groups in total. The highest BCUT2D eigenvalue weighted by Gasteiger charge is 2.10. The van der Waals surface area contributed by atoms with Gasteiger partial charge in [-0.05, 0) is 43.7 Å². The van der Waals surface area contributed by atoms with Crippen molar-refractivity contribution in [1.82, 2.24) is 15.2 Å². The van der Waals surface area contributed by atoms with Gasteiger partial charge in [0.15, 0.2) is 5.65 Å². The molecule has 1 amide bonds. The molecule has 1 aromatic carbocycles. The standard InChI is InChI=1S/C15H13BrN4O/c1-8-5-11(3-4-13(8)16)18-15(21)10-6-12-9(2)19-20-14(12)17-7-10/h3-7H,1-2H3,(H,18,21)(H,17,19,20). The molecule has 0 atom stereocenters. The van der Waals surface area contributed by atoms with Crippen LogP contribution in [0.25, 0.3) is 11.0 Å². The number of nitrogens with zero attached hydrogens (tertiary/aromatic N) is 2. The van der Waals surface area contributed by atoms with Crippen LogP contribution in [-0.4, -0.2) is 21.1 Å². The Bertz CT molecular complexity index is 841. The van der Waals surface area contributed by atoms with Gasteiger partial charge in [0.1, 0.15) is 0 Å². The highest BCUT2D eigenvalue weighted by molar-refractivity contribution is 9.10. The minimum atomic E-state index is -0.188. The second kappa shape index (κ2) is 5.29. The topological polar surface area (TPSA) is 70.7 Å². The molecule has 0 bridgehead atoms. The van der Waals surface area contributed by atoms with Crippen molar-refractivity contribution in [2.75, 3.05) is 5.32 Å². The predicted octanol–water partition coefficient (Wildman–Crippen LogP) is 3.59. The van der Waals surface area contributed by atoms with E-state index in [0.29, 0.717) is 11.2 Å². The van der Waals surface area contributed by atoms with Gasteiger partial charge in [-0.25, -0.2) is 4.98 Å². The molecule has 3 rings (SSSR count). The average Bonchev–Trinajstić information content (AvgIpc) is 2.84. The number of hydrogen-bond donors (Lipinski definition) is 2. The number of halogens is 1. The molecule has 0 spiro atoms. The van der Waals surface area contributed by atoms with Crippen LogP contribution < -0.4 is 5.32 Å². The minimum absolute atomic E-state index is 0.188. The van der Waals surface area contributed by atoms with Gasteiger partial charge < -0.3 is 5.32 Å². The first kappa shape index (κ1) is 13.8. The van der Waals surface area contributed by atoms with Crippen LogP contribution in [0.5, 0.6) is 0 Å². The third-order valence-electron chi connectivity index (χ3n) is 3.28. The molecule has 0 saturated heterocycles. The van der Waals surface area contributed by atoms with Crippen molar-refractivity contribution in [1.29, 1.82) is 0 Å². The van der Waals surface area contributed by atoms with Crippen molar-refractivity contribution < 1.29 is 4.79 Å². The molecule has 2 heterocycles. The number of benzene rings is 1. The quantitative estimate of drug-likeness (QED) is 0.746. The lowest BCUT2D eigenvalue weighted by Crippen LogP contribution is -2.12. The molecule has 106 valence electrons. The normalized spacial score (nSPS) is 10.8. The third-order valence-corrected chi connectivity index (χ3v) is 4.17. The van der Waals surface area contributed by atoms with Crippen LogP contribution in [0.4, 0.5) is 5.69 Å². The van der Waals surface area contributed by atoms with E-state index in [-0.39, 0.29) is 5.91 Å². The fraction of sp³-hybridized carbons (Fsp3) is 0.133. The molecular formula is C15H13BrN4O. The lowest BCUT2D eigenvalue weighted by molar-refractivity contribution is 0.102. The number of nitrogens with one attached hydrogen (secondary N) is 2. The van der Waals surface area contributed by atoms with E-state index in [1.807, 2.05) is 32.0 Å². The first-order valence-corrected chi connectivity index (χ1v) is 7.22. The minimum Gasteiger partial charge on any atom is -0.322 e. The van der Waals surface area contributed by atoms with E-state index < -0.39 is 0 Å². The van der Waals surface area contributed by atoms with Crippen LogP contribution in [0.1, 0.15) is 21.6 Å². The zero-order valence-electron chi connectivity index (χ0n) is 11.6. The van der Waals surface area contributed by atoms with Crippen LogP contribution in [0, 0.1) is 13.8 Å². The Balaban J connectivity index is 1.89. The molecule has 6 heteroatoms. The highest BCUT2D eigenvalue weighted by Crippen LogP contribution is 2.21. The van der Waals surface area contributed by atoms with Crippen LogP contribution in [-0.2, 0) is 0 Å². The zero-order valence-corrected chi connectivity index (χ0v) is 13.2. The smallest absolute Gasteiger partial charge is 0.257 e. The fourth-order valence-corrected chi connectivity index (χ4v) is 2.32. The summed E-state index contributed by atoms with van der Waals surface area (Å²) in [5.74, 6) is -0.188. The van der Waals surface area contributed by atoms with Crippen molar-refractivity contribution in [3.63, 3.8) is 0 Å². The van der Waals surface area contributed by atoms with Crippen LogP contribution >= 0.6 is 15.9 Å². The van der Waals surface area contributed by atoms with Crippen molar-refractivity contribution in [2.24, 2.45) is 0 Å². The number of hydrogen-bond acceptors (Lipinski definition) is 3. The lowest BCUT2D eigenvalue weighted by Gasteiger charge is -2.07. The zero-order chi connectivity index (χ0) is 15.0. The van der Waals surface area contributed by atoms with E-state index in [2.05, 4.69) is 36.4 Å². The first-order chi connectivity index (χ1) is 10.0. The summed E-state index contributed by atoms with van der Waals surface area (Å²) >= 11 is 3.44. The summed E-state index contributed by atoms with van der Waals surface area (Å²) in [6.07, 6.45) is 1.53. The SMILES string of the molecule is Cc1cc(NC(=O)c2cnc3n[nH]c(C)c3c2)ccc1Br. The number of fused-ring (bicyclic) bond motifs is 1. The molecule has 0 aliphatic carbocycles. The molecule has 0 aliphatic rings. The summed E-state index contributed by atoms with van der Waals surface area (Å²) in [7, 11) is 0. The number of amides is 1. The number of H-pyrrole nitrogens is 1. The van der Waals surface area contributed by atoms with E-state index in [0.717, 1.165) is 26.8 Å². The lowest BCUT2D eigenvalue weighted by atomic mass is 10.2. The molecular weight excluding hydrogens is 332 g/mol. The summed E-state index contributed by atoms with van der Waals surface area (Å²) in [6, 6.07) is 7.47. The molecule has 21 heavy (non-hydrogen) atoms. The summed E-state index contributed by atoms with van der Waals surface area (Å²) in [6.45, 7) is 3.87. The maximum absolute atomic E-state index is 12.3.